The molecule has 6 rings (SSSR count). The van der Waals surface area contributed by atoms with Gasteiger partial charge in [-0.05, 0) is 87.5 Å². The number of rotatable bonds is 5. The maximum atomic E-state index is 13.5. The van der Waals surface area contributed by atoms with Crippen LogP contribution in [0.3, 0.4) is 0 Å². The predicted octanol–water partition coefficient (Wildman–Crippen LogP) is 6.03. The normalized spacial score (nSPS) is 25.5. The monoisotopic (exact) mass is 578 g/mol. The molecule has 0 spiro atoms. The van der Waals surface area contributed by atoms with Crippen LogP contribution < -0.4 is 0 Å². The largest absolute Gasteiger partial charge is 0.469 e. The Morgan fingerprint density at radius 2 is 1.70 bits per heavy atom. The average molecular weight is 579 g/mol. The van der Waals surface area contributed by atoms with Gasteiger partial charge in [-0.15, -0.1) is 0 Å². The first kappa shape index (κ1) is 29.1. The van der Waals surface area contributed by atoms with Gasteiger partial charge in [0.05, 0.1) is 53.1 Å². The van der Waals surface area contributed by atoms with Crippen molar-refractivity contribution in [3.63, 3.8) is 0 Å². The molecule has 5 heterocycles. The van der Waals surface area contributed by atoms with Crippen LogP contribution in [0, 0.1) is 11.8 Å². The minimum atomic E-state index is -0.722. The van der Waals surface area contributed by atoms with Crippen molar-refractivity contribution in [2.45, 2.75) is 80.3 Å². The van der Waals surface area contributed by atoms with Gasteiger partial charge in [0.1, 0.15) is 0 Å². The summed E-state index contributed by atoms with van der Waals surface area (Å²) in [5.74, 6) is -0.354. The van der Waals surface area contributed by atoms with E-state index in [1.807, 2.05) is 32.9 Å². The summed E-state index contributed by atoms with van der Waals surface area (Å²) in [5, 5.41) is 10.9. The number of ketones is 1. The van der Waals surface area contributed by atoms with Gasteiger partial charge in [-0.25, -0.2) is 15.0 Å². The second kappa shape index (κ2) is 10.6. The molecule has 0 unspecified atom stereocenters. The number of aliphatic hydroxyl groups excluding tert-OH is 1. The van der Waals surface area contributed by atoms with E-state index < -0.39 is 6.10 Å². The van der Waals surface area contributed by atoms with Crippen LogP contribution in [-0.2, 0) is 14.3 Å². The zero-order chi connectivity index (χ0) is 30.9. The van der Waals surface area contributed by atoms with Crippen LogP contribution in [0.1, 0.15) is 74.1 Å². The van der Waals surface area contributed by atoms with E-state index in [0.29, 0.717) is 23.4 Å². The summed E-state index contributed by atoms with van der Waals surface area (Å²) in [7, 11) is 1.40. The number of hydrogen-bond acceptors (Lipinski definition) is 8. The number of ether oxygens (including phenoxy) is 1. The third-order valence-corrected chi connectivity index (χ3v) is 9.67. The third-order valence-electron chi connectivity index (χ3n) is 9.67. The summed E-state index contributed by atoms with van der Waals surface area (Å²) in [6.45, 7) is 14.0. The smallest absolute Gasteiger partial charge is 0.305 e. The Morgan fingerprint density at radius 3 is 2.37 bits per heavy atom. The number of aliphatic hydroxyl groups is 1. The average Bonchev–Trinajstić information content (AvgIpc) is 3.72. The van der Waals surface area contributed by atoms with E-state index in [1.165, 1.54) is 7.11 Å². The van der Waals surface area contributed by atoms with Crippen LogP contribution in [-0.4, -0.2) is 52.9 Å². The van der Waals surface area contributed by atoms with Gasteiger partial charge in [-0.2, -0.15) is 0 Å². The number of esters is 1. The summed E-state index contributed by atoms with van der Waals surface area (Å²) >= 11 is 0. The number of aliphatic imine (C=N–C) groups is 4. The number of fused-ring (bicyclic) bond motifs is 4. The van der Waals surface area contributed by atoms with Gasteiger partial charge in [-0.1, -0.05) is 13.8 Å². The minimum Gasteiger partial charge on any atom is -0.469 e. The predicted molar refractivity (Wildman–Crippen MR) is 169 cm³/mol. The summed E-state index contributed by atoms with van der Waals surface area (Å²) in [6.07, 6.45) is 5.06. The number of carbonyl (C=O) groups excluding carboxylic acids is 2. The summed E-state index contributed by atoms with van der Waals surface area (Å²) in [4.78, 5) is 46.1. The molecule has 8 bridgehead atoms. The van der Waals surface area contributed by atoms with Crippen LogP contribution in [0.5, 0.6) is 0 Å². The lowest BCUT2D eigenvalue weighted by Crippen LogP contribution is -2.19. The standard InChI is InChI=1S/C35H38N4O4/c1-9-21-15(2)24-14-27-30(20(7)40)18(5)33(38-27)19(6)32-16(3)22(10-11-29(42)43-8)34(39-32)23-12-28(41)31-17(4)25(37-35(23)31)13-26(21)36-24/h13-14,16,20,22,40H,9-12H2,1-8H3/t16-,20+,22-/m0/s1. The van der Waals surface area contributed by atoms with E-state index in [-0.39, 0.29) is 36.4 Å². The Morgan fingerprint density at radius 1 is 1.00 bits per heavy atom. The molecule has 0 aromatic carbocycles. The van der Waals surface area contributed by atoms with Crippen molar-refractivity contribution in [1.29, 1.82) is 0 Å². The number of allylic oxidation sites excluding steroid dienone is 10. The molecular weight excluding hydrogens is 540 g/mol. The molecule has 222 valence electrons. The highest BCUT2D eigenvalue weighted by atomic mass is 16.5. The van der Waals surface area contributed by atoms with Crippen molar-refractivity contribution in [1.82, 2.24) is 0 Å². The lowest BCUT2D eigenvalue weighted by molar-refractivity contribution is -0.140. The van der Waals surface area contributed by atoms with Gasteiger partial charge >= 0.3 is 5.97 Å². The quantitative estimate of drug-likeness (QED) is 0.401. The highest BCUT2D eigenvalue weighted by Gasteiger charge is 2.43. The van der Waals surface area contributed by atoms with Crippen molar-refractivity contribution in [2.24, 2.45) is 31.8 Å². The van der Waals surface area contributed by atoms with Crippen molar-refractivity contribution >= 4 is 34.6 Å². The van der Waals surface area contributed by atoms with E-state index >= 15 is 0 Å². The second-order valence-electron chi connectivity index (χ2n) is 12.1. The number of methoxy groups -OCH3 is 1. The van der Waals surface area contributed by atoms with Gasteiger partial charge in [-0.3, -0.25) is 14.6 Å². The summed E-state index contributed by atoms with van der Waals surface area (Å²) in [6, 6.07) is 0. The molecule has 5 aliphatic heterocycles. The van der Waals surface area contributed by atoms with Gasteiger partial charge in [0.25, 0.3) is 0 Å². The Kier molecular flexibility index (Phi) is 7.16. The first-order valence-electron chi connectivity index (χ1n) is 15.1. The Balaban J connectivity index is 1.65. The fraction of sp³-hybridized carbons (Fsp3) is 0.429. The zero-order valence-corrected chi connectivity index (χ0v) is 26.2. The molecule has 3 atom stereocenters. The van der Waals surface area contributed by atoms with Crippen molar-refractivity contribution < 1.29 is 19.4 Å². The number of nitrogens with zero attached hydrogens (tertiary/aromatic N) is 4. The molecule has 0 radical (unpaired) electrons. The van der Waals surface area contributed by atoms with Crippen LogP contribution in [0.15, 0.2) is 99.5 Å². The fourth-order valence-electron chi connectivity index (χ4n) is 7.33. The van der Waals surface area contributed by atoms with E-state index in [2.05, 4.69) is 20.8 Å². The topological polar surface area (TPSA) is 113 Å². The molecule has 8 nitrogen and oxygen atoms in total. The van der Waals surface area contributed by atoms with Crippen molar-refractivity contribution in [3.8, 4) is 0 Å². The van der Waals surface area contributed by atoms with E-state index in [9.17, 15) is 14.7 Å². The first-order chi connectivity index (χ1) is 20.5. The van der Waals surface area contributed by atoms with E-state index in [4.69, 9.17) is 24.7 Å². The molecule has 8 heteroatoms. The molecule has 6 aliphatic rings. The van der Waals surface area contributed by atoms with Crippen LogP contribution in [0.25, 0.3) is 0 Å². The number of hydrogen-bond donors (Lipinski definition) is 1. The first-order valence-corrected chi connectivity index (χ1v) is 15.1. The molecule has 1 N–H and O–H groups in total. The maximum Gasteiger partial charge on any atom is 0.305 e. The van der Waals surface area contributed by atoms with Gasteiger partial charge in [0, 0.05) is 47.1 Å². The summed E-state index contributed by atoms with van der Waals surface area (Å²) < 4.78 is 4.97. The maximum absolute atomic E-state index is 13.5. The molecule has 0 aromatic rings. The molecular formula is C35H38N4O4. The van der Waals surface area contributed by atoms with Crippen LogP contribution >= 0.6 is 0 Å². The number of carbonyl (C=O) groups is 2. The second-order valence-corrected chi connectivity index (χ2v) is 12.1. The van der Waals surface area contributed by atoms with Crippen molar-refractivity contribution in [3.05, 3.63) is 79.5 Å². The van der Waals surface area contributed by atoms with Gasteiger partial charge in [0.15, 0.2) is 5.78 Å². The Hall–Kier alpha value is -4.04. The third kappa shape index (κ3) is 4.46. The molecule has 1 fully saturated rings. The lowest BCUT2D eigenvalue weighted by Gasteiger charge is -2.19. The zero-order valence-electron chi connectivity index (χ0n) is 26.2. The van der Waals surface area contributed by atoms with E-state index in [0.717, 1.165) is 79.6 Å². The molecule has 43 heavy (non-hydrogen) atoms. The summed E-state index contributed by atoms with van der Waals surface area (Å²) in [5.41, 5.74) is 13.4. The molecule has 0 saturated heterocycles. The van der Waals surface area contributed by atoms with Gasteiger partial charge in [0.2, 0.25) is 0 Å². The van der Waals surface area contributed by atoms with E-state index in [1.54, 1.807) is 6.92 Å². The molecule has 1 aliphatic carbocycles. The lowest BCUT2D eigenvalue weighted by atomic mass is 9.83. The highest BCUT2D eigenvalue weighted by molar-refractivity contribution is 6.38. The van der Waals surface area contributed by atoms with Gasteiger partial charge < -0.3 is 9.84 Å². The van der Waals surface area contributed by atoms with Crippen LogP contribution in [0.2, 0.25) is 0 Å². The number of Topliss-reactive ketones (excluding diaryl/α,β-unsaturated/α-hetero) is 1. The molecule has 0 aromatic heterocycles. The molecule has 1 saturated carbocycles. The molecule has 0 amide bonds. The van der Waals surface area contributed by atoms with Crippen LogP contribution in [0.4, 0.5) is 0 Å². The highest BCUT2D eigenvalue weighted by Crippen LogP contribution is 2.46. The van der Waals surface area contributed by atoms with Crippen molar-refractivity contribution in [2.75, 3.05) is 7.11 Å². The Bertz CT molecular complexity index is 1760. The minimum absolute atomic E-state index is 0.0316. The Labute approximate surface area is 252 Å². The SMILES string of the molecule is CCC1=C(C)C2=CC3=NC(=C(C)C4=NC(=C5CC(=O)C6=C(C)C(=CC1=N2)N=C56)[C@@H](CCC(=O)OC)[C@@H]4C)C(C)=C3[C@@H](C)O. The fourth-order valence-corrected chi connectivity index (χ4v) is 7.33.